The molecule has 0 saturated heterocycles. The Hall–Kier alpha value is -3.35. The number of rotatable bonds is 8. The summed E-state index contributed by atoms with van der Waals surface area (Å²) >= 11 is 0. The fourth-order valence-electron chi connectivity index (χ4n) is 2.67. The van der Waals surface area contributed by atoms with Crippen molar-refractivity contribution >= 4 is 17.8 Å². The first kappa shape index (κ1) is 20.0. The van der Waals surface area contributed by atoms with Crippen LogP contribution in [0.15, 0.2) is 54.6 Å². The minimum absolute atomic E-state index is 0.0798. The van der Waals surface area contributed by atoms with E-state index in [9.17, 15) is 19.5 Å². The number of carbonyl (C=O) groups is 3. The molecule has 2 rings (SSSR count). The van der Waals surface area contributed by atoms with Crippen LogP contribution in [0.1, 0.15) is 36.6 Å². The molecular weight excluding hydrogens is 348 g/mol. The highest BCUT2D eigenvalue weighted by Crippen LogP contribution is 2.20. The molecule has 3 N–H and O–H groups in total. The summed E-state index contributed by atoms with van der Waals surface area (Å²) in [4.78, 5) is 35.5. The van der Waals surface area contributed by atoms with E-state index in [0.717, 1.165) is 5.56 Å². The first-order valence-corrected chi connectivity index (χ1v) is 8.39. The van der Waals surface area contributed by atoms with E-state index in [1.165, 1.54) is 14.0 Å². The number of benzene rings is 2. The van der Waals surface area contributed by atoms with Gasteiger partial charge in [-0.25, -0.2) is 4.79 Å². The lowest BCUT2D eigenvalue weighted by Gasteiger charge is -2.20. The van der Waals surface area contributed by atoms with Crippen LogP contribution >= 0.6 is 0 Å². The number of carbonyl (C=O) groups excluding carboxylic acids is 2. The van der Waals surface area contributed by atoms with Gasteiger partial charge in [0.2, 0.25) is 11.8 Å². The standard InChI is InChI=1S/C20H22N2O5/c1-13(23)21-17(14-6-4-3-5-7-14)12-18(24)22-19(20(25)26)15-8-10-16(27-2)11-9-15/h3-11,17,19H,12H2,1-2H3,(H,21,23)(H,22,24)(H,25,26). The molecule has 0 radical (unpaired) electrons. The molecule has 0 saturated carbocycles. The molecule has 0 aliphatic heterocycles. The second-order valence-corrected chi connectivity index (χ2v) is 5.98. The number of aliphatic carboxylic acids is 1. The van der Waals surface area contributed by atoms with Crippen LogP contribution in [0.4, 0.5) is 0 Å². The van der Waals surface area contributed by atoms with E-state index in [-0.39, 0.29) is 12.3 Å². The van der Waals surface area contributed by atoms with Crippen LogP contribution in [0.2, 0.25) is 0 Å². The molecule has 2 aromatic rings. The Morgan fingerprint density at radius 3 is 2.11 bits per heavy atom. The number of hydrogen-bond donors (Lipinski definition) is 3. The molecule has 2 unspecified atom stereocenters. The molecule has 142 valence electrons. The van der Waals surface area contributed by atoms with Crippen molar-refractivity contribution < 1.29 is 24.2 Å². The van der Waals surface area contributed by atoms with Gasteiger partial charge < -0.3 is 20.5 Å². The third kappa shape index (κ3) is 5.85. The predicted octanol–water partition coefficient (Wildman–Crippen LogP) is 2.20. The number of nitrogens with one attached hydrogen (secondary N) is 2. The summed E-state index contributed by atoms with van der Waals surface area (Å²) in [5.74, 6) is -1.35. The monoisotopic (exact) mass is 370 g/mol. The number of carboxylic acids is 1. The Morgan fingerprint density at radius 2 is 1.59 bits per heavy atom. The van der Waals surface area contributed by atoms with Crippen molar-refractivity contribution in [1.82, 2.24) is 10.6 Å². The van der Waals surface area contributed by atoms with Gasteiger partial charge in [-0.3, -0.25) is 9.59 Å². The molecule has 0 aromatic heterocycles. The largest absolute Gasteiger partial charge is 0.497 e. The number of amides is 2. The molecule has 2 atom stereocenters. The van der Waals surface area contributed by atoms with E-state index < -0.39 is 24.0 Å². The van der Waals surface area contributed by atoms with Crippen molar-refractivity contribution in [2.24, 2.45) is 0 Å². The first-order chi connectivity index (χ1) is 12.9. The fraction of sp³-hybridized carbons (Fsp3) is 0.250. The summed E-state index contributed by atoms with van der Waals surface area (Å²) in [6.45, 7) is 1.37. The van der Waals surface area contributed by atoms with Crippen LogP contribution in [0.3, 0.4) is 0 Å². The molecule has 0 heterocycles. The molecular formula is C20H22N2O5. The summed E-state index contributed by atoms with van der Waals surface area (Å²) in [5.41, 5.74) is 1.19. The van der Waals surface area contributed by atoms with Crippen molar-refractivity contribution in [2.45, 2.75) is 25.4 Å². The van der Waals surface area contributed by atoms with Gasteiger partial charge in [-0.15, -0.1) is 0 Å². The lowest BCUT2D eigenvalue weighted by molar-refractivity contribution is -0.142. The van der Waals surface area contributed by atoms with Gasteiger partial charge in [0.15, 0.2) is 6.04 Å². The quantitative estimate of drug-likeness (QED) is 0.661. The normalized spacial score (nSPS) is 12.5. The molecule has 2 aromatic carbocycles. The van der Waals surface area contributed by atoms with E-state index in [1.54, 1.807) is 48.5 Å². The van der Waals surface area contributed by atoms with Crippen molar-refractivity contribution in [2.75, 3.05) is 7.11 Å². The van der Waals surface area contributed by atoms with Gasteiger partial charge in [0.1, 0.15) is 5.75 Å². The average molecular weight is 370 g/mol. The molecule has 0 aliphatic carbocycles. The molecule has 0 aliphatic rings. The van der Waals surface area contributed by atoms with E-state index in [0.29, 0.717) is 11.3 Å². The summed E-state index contributed by atoms with van der Waals surface area (Å²) in [5, 5.41) is 14.7. The zero-order valence-electron chi connectivity index (χ0n) is 15.1. The third-order valence-corrected chi connectivity index (χ3v) is 3.97. The molecule has 27 heavy (non-hydrogen) atoms. The Bertz CT molecular complexity index is 790. The highest BCUT2D eigenvalue weighted by Gasteiger charge is 2.24. The number of carboxylic acid groups (broad SMARTS) is 1. The maximum atomic E-state index is 12.5. The highest BCUT2D eigenvalue weighted by atomic mass is 16.5. The lowest BCUT2D eigenvalue weighted by Crippen LogP contribution is -2.37. The summed E-state index contributed by atoms with van der Waals surface area (Å²) < 4.78 is 5.05. The lowest BCUT2D eigenvalue weighted by atomic mass is 10.0. The molecule has 2 amide bonds. The summed E-state index contributed by atoms with van der Waals surface area (Å²) in [6, 6.07) is 13.7. The number of ether oxygens (including phenoxy) is 1. The predicted molar refractivity (Wildman–Crippen MR) is 99.1 cm³/mol. The topological polar surface area (TPSA) is 105 Å². The van der Waals surface area contributed by atoms with Crippen LogP contribution in [0.5, 0.6) is 5.75 Å². The van der Waals surface area contributed by atoms with Crippen molar-refractivity contribution in [3.63, 3.8) is 0 Å². The molecule has 0 spiro atoms. The van der Waals surface area contributed by atoms with Crippen LogP contribution in [-0.2, 0) is 14.4 Å². The fourth-order valence-corrected chi connectivity index (χ4v) is 2.67. The maximum absolute atomic E-state index is 12.5. The second kappa shape index (κ2) is 9.38. The maximum Gasteiger partial charge on any atom is 0.330 e. The molecule has 0 fully saturated rings. The van der Waals surface area contributed by atoms with E-state index in [1.807, 2.05) is 6.07 Å². The number of methoxy groups -OCH3 is 1. The van der Waals surface area contributed by atoms with E-state index >= 15 is 0 Å². The SMILES string of the molecule is COc1ccc(C(NC(=O)CC(NC(C)=O)c2ccccc2)C(=O)O)cc1. The van der Waals surface area contributed by atoms with Crippen LogP contribution in [0, 0.1) is 0 Å². The summed E-state index contributed by atoms with van der Waals surface area (Å²) in [7, 11) is 1.51. The molecule has 7 nitrogen and oxygen atoms in total. The van der Waals surface area contributed by atoms with Gasteiger partial charge in [0, 0.05) is 6.92 Å². The minimum atomic E-state index is -1.20. The van der Waals surface area contributed by atoms with Crippen LogP contribution in [0.25, 0.3) is 0 Å². The Balaban J connectivity index is 2.13. The zero-order chi connectivity index (χ0) is 19.8. The van der Waals surface area contributed by atoms with Gasteiger partial charge >= 0.3 is 5.97 Å². The van der Waals surface area contributed by atoms with Crippen molar-refractivity contribution in [1.29, 1.82) is 0 Å². The molecule has 0 bridgehead atoms. The van der Waals surface area contributed by atoms with Gasteiger partial charge in [0.05, 0.1) is 19.6 Å². The molecule has 7 heteroatoms. The minimum Gasteiger partial charge on any atom is -0.497 e. The second-order valence-electron chi connectivity index (χ2n) is 5.98. The van der Waals surface area contributed by atoms with Crippen molar-refractivity contribution in [3.05, 3.63) is 65.7 Å². The smallest absolute Gasteiger partial charge is 0.330 e. The van der Waals surface area contributed by atoms with Gasteiger partial charge in [-0.05, 0) is 23.3 Å². The summed E-state index contributed by atoms with van der Waals surface area (Å²) in [6.07, 6.45) is -0.0798. The number of hydrogen-bond acceptors (Lipinski definition) is 4. The Labute approximate surface area is 157 Å². The Kier molecular flexibility index (Phi) is 6.93. The Morgan fingerprint density at radius 1 is 0.963 bits per heavy atom. The zero-order valence-corrected chi connectivity index (χ0v) is 15.1. The highest BCUT2D eigenvalue weighted by molar-refractivity contribution is 5.85. The van der Waals surface area contributed by atoms with Gasteiger partial charge in [0.25, 0.3) is 0 Å². The van der Waals surface area contributed by atoms with E-state index in [2.05, 4.69) is 10.6 Å². The van der Waals surface area contributed by atoms with Crippen molar-refractivity contribution in [3.8, 4) is 5.75 Å². The average Bonchev–Trinajstić information content (AvgIpc) is 2.66. The first-order valence-electron chi connectivity index (χ1n) is 8.39. The third-order valence-electron chi connectivity index (χ3n) is 3.97. The van der Waals surface area contributed by atoms with Crippen LogP contribution in [-0.4, -0.2) is 30.0 Å². The van der Waals surface area contributed by atoms with Crippen LogP contribution < -0.4 is 15.4 Å². The van der Waals surface area contributed by atoms with Gasteiger partial charge in [-0.1, -0.05) is 42.5 Å². The van der Waals surface area contributed by atoms with E-state index in [4.69, 9.17) is 4.74 Å². The van der Waals surface area contributed by atoms with Gasteiger partial charge in [-0.2, -0.15) is 0 Å².